The van der Waals surface area contributed by atoms with Crippen LogP contribution in [0, 0.1) is 13.8 Å². The smallest absolute Gasteiger partial charge is 0.244 e. The van der Waals surface area contributed by atoms with E-state index in [0.29, 0.717) is 6.54 Å². The molecule has 0 fully saturated rings. The maximum absolute atomic E-state index is 12.0. The fourth-order valence-corrected chi connectivity index (χ4v) is 2.51. The van der Waals surface area contributed by atoms with E-state index >= 15 is 0 Å². The summed E-state index contributed by atoms with van der Waals surface area (Å²) in [4.78, 5) is 19.6. The third-order valence-electron chi connectivity index (χ3n) is 3.83. The SMILES string of the molecule is Cc1nn(C)c(C)c1/C=C/C(=O)NCc1nc2ccccc2[nH]1. The first-order valence-electron chi connectivity index (χ1n) is 7.44. The number of nitrogens with zero attached hydrogens (tertiary/aromatic N) is 3. The maximum Gasteiger partial charge on any atom is 0.244 e. The highest BCUT2D eigenvalue weighted by Gasteiger charge is 2.07. The van der Waals surface area contributed by atoms with Gasteiger partial charge in [-0.2, -0.15) is 5.10 Å². The molecule has 3 rings (SSSR count). The van der Waals surface area contributed by atoms with E-state index in [1.54, 1.807) is 10.8 Å². The molecule has 23 heavy (non-hydrogen) atoms. The molecule has 1 aromatic carbocycles. The van der Waals surface area contributed by atoms with E-state index in [1.165, 1.54) is 6.08 Å². The highest BCUT2D eigenvalue weighted by molar-refractivity contribution is 5.92. The number of imidazole rings is 1. The molecular formula is C17H19N5O. The van der Waals surface area contributed by atoms with Crippen LogP contribution >= 0.6 is 0 Å². The molecule has 0 radical (unpaired) electrons. The summed E-state index contributed by atoms with van der Waals surface area (Å²) in [6, 6.07) is 7.78. The Labute approximate surface area is 134 Å². The van der Waals surface area contributed by atoms with Gasteiger partial charge in [0.05, 0.1) is 23.3 Å². The monoisotopic (exact) mass is 309 g/mol. The summed E-state index contributed by atoms with van der Waals surface area (Å²) in [5, 5.41) is 7.15. The standard InChI is InChI=1S/C17H19N5O/c1-11-13(12(2)22(3)21-11)8-9-17(23)18-10-16-19-14-6-4-5-7-15(14)20-16/h4-9H,10H2,1-3H3,(H,18,23)(H,19,20)/b9-8+. The predicted octanol–water partition coefficient (Wildman–Crippen LogP) is 2.24. The van der Waals surface area contributed by atoms with Gasteiger partial charge in [-0.15, -0.1) is 0 Å². The molecule has 0 atom stereocenters. The molecule has 0 aliphatic rings. The van der Waals surface area contributed by atoms with Crippen LogP contribution in [0.15, 0.2) is 30.3 Å². The Hall–Kier alpha value is -2.89. The number of aromatic nitrogens is 4. The van der Waals surface area contributed by atoms with Crippen molar-refractivity contribution < 1.29 is 4.79 Å². The van der Waals surface area contributed by atoms with Crippen molar-refractivity contribution in [1.82, 2.24) is 25.1 Å². The van der Waals surface area contributed by atoms with Gasteiger partial charge in [0.15, 0.2) is 0 Å². The van der Waals surface area contributed by atoms with Gasteiger partial charge in [-0.1, -0.05) is 12.1 Å². The normalized spacial score (nSPS) is 11.4. The lowest BCUT2D eigenvalue weighted by atomic mass is 10.2. The lowest BCUT2D eigenvalue weighted by molar-refractivity contribution is -0.116. The summed E-state index contributed by atoms with van der Waals surface area (Å²) in [7, 11) is 1.89. The lowest BCUT2D eigenvalue weighted by Crippen LogP contribution is -2.20. The van der Waals surface area contributed by atoms with Gasteiger partial charge in [-0.25, -0.2) is 4.98 Å². The van der Waals surface area contributed by atoms with Crippen molar-refractivity contribution in [2.45, 2.75) is 20.4 Å². The Kier molecular flexibility index (Phi) is 3.97. The zero-order chi connectivity index (χ0) is 16.4. The molecule has 2 aromatic heterocycles. The summed E-state index contributed by atoms with van der Waals surface area (Å²) in [5.74, 6) is 0.579. The summed E-state index contributed by atoms with van der Waals surface area (Å²) >= 11 is 0. The van der Waals surface area contributed by atoms with Crippen molar-refractivity contribution in [2.24, 2.45) is 7.05 Å². The molecule has 0 aliphatic heterocycles. The zero-order valence-electron chi connectivity index (χ0n) is 13.4. The van der Waals surface area contributed by atoms with Crippen LogP contribution in [0.3, 0.4) is 0 Å². The quantitative estimate of drug-likeness (QED) is 0.726. The van der Waals surface area contributed by atoms with Gasteiger partial charge in [-0.3, -0.25) is 9.48 Å². The number of carbonyl (C=O) groups excluding carboxylic acids is 1. The Balaban J connectivity index is 1.64. The number of hydrogen-bond acceptors (Lipinski definition) is 3. The number of nitrogens with one attached hydrogen (secondary N) is 2. The highest BCUT2D eigenvalue weighted by Crippen LogP contribution is 2.13. The molecule has 1 amide bonds. The molecular weight excluding hydrogens is 290 g/mol. The summed E-state index contributed by atoms with van der Waals surface area (Å²) < 4.78 is 1.81. The average Bonchev–Trinajstić information content (AvgIpc) is 3.05. The zero-order valence-corrected chi connectivity index (χ0v) is 13.4. The van der Waals surface area contributed by atoms with Crippen LogP contribution < -0.4 is 5.32 Å². The van der Waals surface area contributed by atoms with Gasteiger partial charge in [-0.05, 0) is 32.1 Å². The van der Waals surface area contributed by atoms with Crippen LogP contribution in [0.5, 0.6) is 0 Å². The lowest BCUT2D eigenvalue weighted by Gasteiger charge is -1.99. The van der Waals surface area contributed by atoms with E-state index in [4.69, 9.17) is 0 Å². The van der Waals surface area contributed by atoms with Crippen molar-refractivity contribution in [3.05, 3.63) is 53.1 Å². The summed E-state index contributed by atoms with van der Waals surface area (Å²) in [6.07, 6.45) is 3.32. The van der Waals surface area contributed by atoms with Crippen LogP contribution in [0.2, 0.25) is 0 Å². The summed E-state index contributed by atoms with van der Waals surface area (Å²) in [5.41, 5.74) is 4.78. The largest absolute Gasteiger partial charge is 0.345 e. The van der Waals surface area contributed by atoms with E-state index in [0.717, 1.165) is 33.8 Å². The van der Waals surface area contributed by atoms with Crippen LogP contribution in [0.1, 0.15) is 22.8 Å². The number of benzene rings is 1. The van der Waals surface area contributed by atoms with Gasteiger partial charge in [0.1, 0.15) is 5.82 Å². The first-order valence-corrected chi connectivity index (χ1v) is 7.44. The van der Waals surface area contributed by atoms with Crippen LogP contribution in [0.25, 0.3) is 17.1 Å². The maximum atomic E-state index is 12.0. The second-order valence-electron chi connectivity index (χ2n) is 5.46. The predicted molar refractivity (Wildman–Crippen MR) is 89.7 cm³/mol. The number of carbonyl (C=O) groups is 1. The van der Waals surface area contributed by atoms with E-state index < -0.39 is 0 Å². The minimum absolute atomic E-state index is 0.159. The molecule has 0 bridgehead atoms. The molecule has 0 saturated heterocycles. The second-order valence-corrected chi connectivity index (χ2v) is 5.46. The van der Waals surface area contributed by atoms with Crippen molar-refractivity contribution >= 4 is 23.0 Å². The molecule has 6 heteroatoms. The van der Waals surface area contributed by atoms with Gasteiger partial charge in [0.2, 0.25) is 5.91 Å². The van der Waals surface area contributed by atoms with Crippen molar-refractivity contribution in [2.75, 3.05) is 0 Å². The summed E-state index contributed by atoms with van der Waals surface area (Å²) in [6.45, 7) is 4.27. The van der Waals surface area contributed by atoms with Gasteiger partial charge >= 0.3 is 0 Å². The number of hydrogen-bond donors (Lipinski definition) is 2. The van der Waals surface area contributed by atoms with E-state index in [2.05, 4.69) is 20.4 Å². The van der Waals surface area contributed by atoms with Crippen molar-refractivity contribution in [3.63, 3.8) is 0 Å². The van der Waals surface area contributed by atoms with Crippen LogP contribution in [0.4, 0.5) is 0 Å². The minimum Gasteiger partial charge on any atom is -0.345 e. The van der Waals surface area contributed by atoms with E-state index in [9.17, 15) is 4.79 Å². The van der Waals surface area contributed by atoms with Crippen molar-refractivity contribution in [3.8, 4) is 0 Å². The fourth-order valence-electron chi connectivity index (χ4n) is 2.51. The van der Waals surface area contributed by atoms with Gasteiger partial charge < -0.3 is 10.3 Å². The molecule has 0 unspecified atom stereocenters. The minimum atomic E-state index is -0.159. The Morgan fingerprint density at radius 1 is 1.35 bits per heavy atom. The topological polar surface area (TPSA) is 75.6 Å². The van der Waals surface area contributed by atoms with Crippen LogP contribution in [-0.2, 0) is 18.4 Å². The molecule has 3 aromatic rings. The van der Waals surface area contributed by atoms with Crippen molar-refractivity contribution in [1.29, 1.82) is 0 Å². The Bertz CT molecular complexity index is 855. The van der Waals surface area contributed by atoms with E-state index in [-0.39, 0.29) is 5.91 Å². The molecule has 0 spiro atoms. The first-order chi connectivity index (χ1) is 11.0. The number of aromatic amines is 1. The number of para-hydroxylation sites is 2. The molecule has 118 valence electrons. The van der Waals surface area contributed by atoms with Crippen LogP contribution in [-0.4, -0.2) is 25.7 Å². The first kappa shape index (κ1) is 15.0. The fraction of sp³-hybridized carbons (Fsp3) is 0.235. The van der Waals surface area contributed by atoms with E-state index in [1.807, 2.05) is 45.2 Å². The third-order valence-corrected chi connectivity index (χ3v) is 3.83. The molecule has 2 N–H and O–H groups in total. The molecule has 2 heterocycles. The molecule has 6 nitrogen and oxygen atoms in total. The highest BCUT2D eigenvalue weighted by atomic mass is 16.1. The van der Waals surface area contributed by atoms with Gasteiger partial charge in [0.25, 0.3) is 0 Å². The van der Waals surface area contributed by atoms with Gasteiger partial charge in [0, 0.05) is 24.4 Å². The molecule has 0 saturated carbocycles. The Morgan fingerprint density at radius 3 is 2.83 bits per heavy atom. The number of rotatable bonds is 4. The number of aryl methyl sites for hydroxylation is 2. The number of fused-ring (bicyclic) bond motifs is 1. The number of H-pyrrole nitrogens is 1. The average molecular weight is 309 g/mol. The molecule has 0 aliphatic carbocycles. The third kappa shape index (κ3) is 3.15. The Morgan fingerprint density at radius 2 is 2.13 bits per heavy atom. The second kappa shape index (κ2) is 6.08. The number of amides is 1.